The van der Waals surface area contributed by atoms with Crippen LogP contribution in [-0.4, -0.2) is 17.1 Å². The molecule has 0 spiro atoms. The number of ether oxygens (including phenoxy) is 1. The second-order valence-corrected chi connectivity index (χ2v) is 7.94. The van der Waals surface area contributed by atoms with Crippen LogP contribution in [-0.2, 0) is 9.53 Å². The molecular weight excluding hydrogens is 415 g/mol. The molecule has 156 valence electrons. The van der Waals surface area contributed by atoms with E-state index in [9.17, 15) is 14.0 Å². The lowest BCUT2D eigenvalue weighted by atomic mass is 9.96. The molecule has 1 aliphatic rings. The van der Waals surface area contributed by atoms with Gasteiger partial charge in [0.25, 0.3) is 5.56 Å². The van der Waals surface area contributed by atoms with Crippen molar-refractivity contribution in [3.63, 3.8) is 0 Å². The zero-order chi connectivity index (χ0) is 22.0. The van der Waals surface area contributed by atoms with E-state index in [0.717, 1.165) is 5.56 Å². The lowest BCUT2D eigenvalue weighted by Crippen LogP contribution is -2.39. The molecule has 1 atom stereocenters. The number of esters is 1. The number of carbonyl (C=O) groups is 1. The summed E-state index contributed by atoms with van der Waals surface area (Å²) in [5.74, 6) is -0.885. The first-order valence-corrected chi connectivity index (χ1v) is 10.4. The van der Waals surface area contributed by atoms with E-state index < -0.39 is 12.0 Å². The third-order valence-corrected chi connectivity index (χ3v) is 5.84. The molecule has 0 radical (unpaired) electrons. The largest absolute Gasteiger partial charge is 0.458 e. The normalized spacial score (nSPS) is 15.9. The Kier molecular flexibility index (Phi) is 5.77. The quantitative estimate of drug-likeness (QED) is 0.458. The minimum Gasteiger partial charge on any atom is -0.458 e. The molecule has 7 heteroatoms. The molecule has 31 heavy (non-hydrogen) atoms. The summed E-state index contributed by atoms with van der Waals surface area (Å²) in [5, 5.41) is 0. The van der Waals surface area contributed by atoms with Gasteiger partial charge in [0.1, 0.15) is 12.4 Å². The smallest absolute Gasteiger partial charge is 0.338 e. The Labute approximate surface area is 181 Å². The van der Waals surface area contributed by atoms with Crippen LogP contribution in [0.15, 0.2) is 88.3 Å². The Morgan fingerprint density at radius 3 is 2.61 bits per heavy atom. The fourth-order valence-electron chi connectivity index (χ4n) is 3.46. The lowest BCUT2D eigenvalue weighted by molar-refractivity contribution is -0.138. The van der Waals surface area contributed by atoms with Crippen molar-refractivity contribution in [1.82, 2.24) is 4.57 Å². The maximum atomic E-state index is 13.4. The highest BCUT2D eigenvalue weighted by Crippen LogP contribution is 2.30. The van der Waals surface area contributed by atoms with E-state index in [4.69, 9.17) is 4.74 Å². The highest BCUT2D eigenvalue weighted by molar-refractivity contribution is 7.07. The van der Waals surface area contributed by atoms with Crippen molar-refractivity contribution in [1.29, 1.82) is 0 Å². The molecule has 0 fully saturated rings. The molecule has 0 unspecified atom stereocenters. The molecule has 4 rings (SSSR count). The predicted octanol–water partition coefficient (Wildman–Crippen LogP) is 3.10. The Morgan fingerprint density at radius 2 is 1.94 bits per heavy atom. The van der Waals surface area contributed by atoms with Gasteiger partial charge in [-0.25, -0.2) is 14.2 Å². The first kappa shape index (κ1) is 20.7. The van der Waals surface area contributed by atoms with Gasteiger partial charge in [0, 0.05) is 0 Å². The Balaban J connectivity index is 1.92. The number of benzene rings is 2. The fraction of sp³-hybridized carbons (Fsp3) is 0.125. The van der Waals surface area contributed by atoms with Crippen LogP contribution in [0.1, 0.15) is 24.1 Å². The van der Waals surface area contributed by atoms with Crippen LogP contribution in [0.2, 0.25) is 0 Å². The van der Waals surface area contributed by atoms with Gasteiger partial charge in [-0.05, 0) is 36.3 Å². The van der Waals surface area contributed by atoms with Crippen LogP contribution in [0.4, 0.5) is 4.39 Å². The van der Waals surface area contributed by atoms with Crippen molar-refractivity contribution in [3.8, 4) is 0 Å². The van der Waals surface area contributed by atoms with Crippen LogP contribution < -0.4 is 14.9 Å². The number of carbonyl (C=O) groups excluding carboxylic acids is 1. The molecule has 5 nitrogen and oxygen atoms in total. The van der Waals surface area contributed by atoms with Crippen LogP contribution >= 0.6 is 11.3 Å². The molecule has 1 aliphatic heterocycles. The van der Waals surface area contributed by atoms with Gasteiger partial charge in [0.2, 0.25) is 0 Å². The van der Waals surface area contributed by atoms with Gasteiger partial charge in [-0.2, -0.15) is 0 Å². The van der Waals surface area contributed by atoms with Gasteiger partial charge in [-0.15, -0.1) is 0 Å². The Morgan fingerprint density at radius 1 is 1.23 bits per heavy atom. The number of fused-ring (bicyclic) bond motifs is 1. The SMILES string of the molecule is C=CCOC(=O)C1=C(C)N=c2s/c(=C\c3ccc(F)cc3)c(=O)n2[C@H]1c1ccccc1. The van der Waals surface area contributed by atoms with E-state index in [1.165, 1.54) is 34.1 Å². The monoisotopic (exact) mass is 434 g/mol. The summed E-state index contributed by atoms with van der Waals surface area (Å²) in [6.45, 7) is 5.37. The molecule has 0 amide bonds. The Bertz CT molecular complexity index is 1350. The highest BCUT2D eigenvalue weighted by Gasteiger charge is 2.33. The fourth-order valence-corrected chi connectivity index (χ4v) is 4.50. The zero-order valence-electron chi connectivity index (χ0n) is 16.7. The van der Waals surface area contributed by atoms with Crippen molar-refractivity contribution in [2.24, 2.45) is 4.99 Å². The summed E-state index contributed by atoms with van der Waals surface area (Å²) in [5.41, 5.74) is 2.01. The third kappa shape index (κ3) is 4.04. The highest BCUT2D eigenvalue weighted by atomic mass is 32.1. The second kappa shape index (κ2) is 8.65. The van der Waals surface area contributed by atoms with E-state index >= 15 is 0 Å². The molecule has 0 saturated heterocycles. The number of hydrogen-bond donors (Lipinski definition) is 0. The Hall–Kier alpha value is -3.58. The summed E-state index contributed by atoms with van der Waals surface area (Å²) in [6.07, 6.45) is 3.18. The van der Waals surface area contributed by atoms with E-state index in [-0.39, 0.29) is 18.0 Å². The summed E-state index contributed by atoms with van der Waals surface area (Å²) in [4.78, 5) is 31.2. The van der Waals surface area contributed by atoms with Crippen molar-refractivity contribution in [2.45, 2.75) is 13.0 Å². The van der Waals surface area contributed by atoms with Crippen LogP contribution in [0, 0.1) is 5.82 Å². The number of rotatable bonds is 5. The second-order valence-electron chi connectivity index (χ2n) is 6.93. The van der Waals surface area contributed by atoms with Crippen LogP contribution in [0.3, 0.4) is 0 Å². The molecular formula is C24H19FN2O3S. The zero-order valence-corrected chi connectivity index (χ0v) is 17.6. The summed E-state index contributed by atoms with van der Waals surface area (Å²) in [6, 6.07) is 14.5. The van der Waals surface area contributed by atoms with Gasteiger partial charge >= 0.3 is 5.97 Å². The topological polar surface area (TPSA) is 60.7 Å². The average molecular weight is 434 g/mol. The van der Waals surface area contributed by atoms with E-state index in [2.05, 4.69) is 11.6 Å². The van der Waals surface area contributed by atoms with Gasteiger partial charge in [0.05, 0.1) is 21.8 Å². The predicted molar refractivity (Wildman–Crippen MR) is 118 cm³/mol. The average Bonchev–Trinajstić information content (AvgIpc) is 3.07. The molecule has 0 bridgehead atoms. The summed E-state index contributed by atoms with van der Waals surface area (Å²) >= 11 is 1.23. The number of thiazole rings is 1. The molecule has 3 aromatic rings. The van der Waals surface area contributed by atoms with Gasteiger partial charge in [-0.3, -0.25) is 9.36 Å². The standard InChI is InChI=1S/C24H19FN2O3S/c1-3-13-30-23(29)20-15(2)26-24-27(21(20)17-7-5-4-6-8-17)22(28)19(31-24)14-16-9-11-18(25)12-10-16/h3-12,14,21H,1,13H2,2H3/b19-14-/t21-/m0/s1. The first-order valence-electron chi connectivity index (χ1n) is 9.60. The lowest BCUT2D eigenvalue weighted by Gasteiger charge is -2.24. The maximum Gasteiger partial charge on any atom is 0.338 e. The summed E-state index contributed by atoms with van der Waals surface area (Å²) in [7, 11) is 0. The van der Waals surface area contributed by atoms with Crippen molar-refractivity contribution in [3.05, 3.63) is 115 Å². The van der Waals surface area contributed by atoms with E-state index in [1.807, 2.05) is 30.3 Å². The number of hydrogen-bond acceptors (Lipinski definition) is 5. The van der Waals surface area contributed by atoms with E-state index in [0.29, 0.717) is 26.2 Å². The van der Waals surface area contributed by atoms with Gasteiger partial charge in [-0.1, -0.05) is 66.5 Å². The minimum absolute atomic E-state index is 0.0616. The molecule has 0 N–H and O–H groups in total. The molecule has 2 heterocycles. The van der Waals surface area contributed by atoms with E-state index in [1.54, 1.807) is 25.1 Å². The van der Waals surface area contributed by atoms with Crippen molar-refractivity contribution >= 4 is 23.4 Å². The minimum atomic E-state index is -0.662. The van der Waals surface area contributed by atoms with Crippen molar-refractivity contribution in [2.75, 3.05) is 6.61 Å². The number of halogens is 1. The molecule has 0 saturated carbocycles. The molecule has 2 aromatic carbocycles. The first-order chi connectivity index (χ1) is 15.0. The maximum absolute atomic E-state index is 13.4. The van der Waals surface area contributed by atoms with Gasteiger partial charge < -0.3 is 4.74 Å². The number of aromatic nitrogens is 1. The van der Waals surface area contributed by atoms with Crippen molar-refractivity contribution < 1.29 is 13.9 Å². The van der Waals surface area contributed by atoms with Crippen LogP contribution in [0.25, 0.3) is 6.08 Å². The molecule has 0 aliphatic carbocycles. The van der Waals surface area contributed by atoms with Crippen LogP contribution in [0.5, 0.6) is 0 Å². The number of nitrogens with zero attached hydrogens (tertiary/aromatic N) is 2. The van der Waals surface area contributed by atoms with Gasteiger partial charge in [0.15, 0.2) is 4.80 Å². The third-order valence-electron chi connectivity index (χ3n) is 4.86. The summed E-state index contributed by atoms with van der Waals surface area (Å²) < 4.78 is 20.5. The number of allylic oxidation sites excluding steroid dienone is 1. The molecule has 1 aromatic heterocycles.